The Labute approximate surface area is 191 Å². The number of benzene rings is 1. The Morgan fingerprint density at radius 1 is 1.25 bits per heavy atom. The van der Waals surface area contributed by atoms with Gasteiger partial charge in [0.1, 0.15) is 5.69 Å². The molecule has 5 rings (SSSR count). The largest absolute Gasteiger partial charge is 0.347 e. The van der Waals surface area contributed by atoms with Crippen molar-refractivity contribution in [1.29, 1.82) is 0 Å². The summed E-state index contributed by atoms with van der Waals surface area (Å²) >= 11 is 1.71. The first-order valence-electron chi connectivity index (χ1n) is 10.7. The van der Waals surface area contributed by atoms with E-state index in [1.807, 2.05) is 60.0 Å². The molecular weight excluding hydrogens is 422 g/mol. The number of carbonyl (C=O) groups excluding carboxylic acids is 1. The van der Waals surface area contributed by atoms with Crippen LogP contribution in [0, 0.1) is 6.92 Å². The molecule has 32 heavy (non-hydrogen) atoms. The summed E-state index contributed by atoms with van der Waals surface area (Å²) in [5.41, 5.74) is 5.06. The number of nitrogens with one attached hydrogen (secondary N) is 1. The standard InChI is InChI=1S/C23H27N7OS/c1-15-13-29(14-19-8-9-25-30(15)19)32-21-10-20(27(3)16(21)2)23(31)24-11-17-6-5-7-18-12-26-28(4)22(17)18/h5-10,12,15H,11,13-14H2,1-4H3,(H,24,31). The first-order valence-corrected chi connectivity index (χ1v) is 11.5. The van der Waals surface area contributed by atoms with E-state index in [1.165, 1.54) is 5.69 Å². The van der Waals surface area contributed by atoms with Crippen molar-refractivity contribution in [3.05, 3.63) is 65.4 Å². The summed E-state index contributed by atoms with van der Waals surface area (Å²) in [6.07, 6.45) is 3.71. The molecule has 3 aromatic heterocycles. The first-order chi connectivity index (χ1) is 15.4. The summed E-state index contributed by atoms with van der Waals surface area (Å²) in [4.78, 5) is 14.2. The predicted octanol–water partition coefficient (Wildman–Crippen LogP) is 3.43. The van der Waals surface area contributed by atoms with Crippen LogP contribution in [0.25, 0.3) is 10.9 Å². The summed E-state index contributed by atoms with van der Waals surface area (Å²) in [5, 5.41) is 12.9. The Bertz CT molecular complexity index is 1300. The zero-order valence-electron chi connectivity index (χ0n) is 18.7. The van der Waals surface area contributed by atoms with Crippen LogP contribution in [-0.2, 0) is 27.2 Å². The smallest absolute Gasteiger partial charge is 0.268 e. The van der Waals surface area contributed by atoms with Crippen LogP contribution in [0.15, 0.2) is 47.6 Å². The number of fused-ring (bicyclic) bond motifs is 2. The van der Waals surface area contributed by atoms with Gasteiger partial charge in [0.05, 0.1) is 30.0 Å². The van der Waals surface area contributed by atoms with E-state index in [2.05, 4.69) is 44.4 Å². The fourth-order valence-electron chi connectivity index (χ4n) is 4.40. The third-order valence-electron chi connectivity index (χ3n) is 6.21. The zero-order valence-corrected chi connectivity index (χ0v) is 19.6. The number of carbonyl (C=O) groups is 1. The van der Waals surface area contributed by atoms with Gasteiger partial charge in [-0.15, -0.1) is 0 Å². The van der Waals surface area contributed by atoms with Gasteiger partial charge in [-0.2, -0.15) is 10.2 Å². The topological polar surface area (TPSA) is 72.9 Å². The molecule has 0 saturated heterocycles. The van der Waals surface area contributed by atoms with E-state index in [0.717, 1.165) is 40.1 Å². The lowest BCUT2D eigenvalue weighted by Gasteiger charge is -2.30. The third kappa shape index (κ3) is 3.61. The molecule has 1 amide bonds. The van der Waals surface area contributed by atoms with Crippen LogP contribution in [0.2, 0.25) is 0 Å². The van der Waals surface area contributed by atoms with Crippen molar-refractivity contribution in [2.75, 3.05) is 6.54 Å². The molecule has 8 nitrogen and oxygen atoms in total. The van der Waals surface area contributed by atoms with Crippen molar-refractivity contribution in [1.82, 2.24) is 33.8 Å². The van der Waals surface area contributed by atoms with E-state index in [0.29, 0.717) is 18.3 Å². The van der Waals surface area contributed by atoms with Crippen molar-refractivity contribution >= 4 is 28.8 Å². The SMILES string of the molecule is Cc1c(SN2Cc3ccnn3C(C)C2)cc(C(=O)NCc2cccc3cnn(C)c23)n1C. The summed E-state index contributed by atoms with van der Waals surface area (Å²) in [6, 6.07) is 10.5. The minimum absolute atomic E-state index is 0.0771. The molecule has 0 aliphatic carbocycles. The molecule has 4 aromatic rings. The van der Waals surface area contributed by atoms with Crippen LogP contribution in [-0.4, -0.2) is 40.9 Å². The molecular formula is C23H27N7OS. The second-order valence-corrected chi connectivity index (χ2v) is 9.51. The van der Waals surface area contributed by atoms with Gasteiger partial charge in [0.2, 0.25) is 0 Å². The van der Waals surface area contributed by atoms with Crippen molar-refractivity contribution in [3.8, 4) is 0 Å². The summed E-state index contributed by atoms with van der Waals surface area (Å²) in [5.74, 6) is -0.0771. The quantitative estimate of drug-likeness (QED) is 0.473. The highest BCUT2D eigenvalue weighted by Crippen LogP contribution is 2.33. The molecule has 166 valence electrons. The molecule has 1 aliphatic heterocycles. The Kier molecular flexibility index (Phi) is 5.30. The summed E-state index contributed by atoms with van der Waals surface area (Å²) < 4.78 is 8.26. The number of hydrogen-bond acceptors (Lipinski definition) is 5. The maximum atomic E-state index is 13.0. The molecule has 0 radical (unpaired) electrons. The van der Waals surface area contributed by atoms with Crippen LogP contribution in [0.5, 0.6) is 0 Å². The monoisotopic (exact) mass is 449 g/mol. The molecule has 1 aliphatic rings. The predicted molar refractivity (Wildman–Crippen MR) is 125 cm³/mol. The Balaban J connectivity index is 1.31. The molecule has 0 fully saturated rings. The maximum Gasteiger partial charge on any atom is 0.268 e. The fraction of sp³-hybridized carbons (Fsp3) is 0.348. The second-order valence-electron chi connectivity index (χ2n) is 8.37. The van der Waals surface area contributed by atoms with Crippen molar-refractivity contribution < 1.29 is 4.79 Å². The highest BCUT2D eigenvalue weighted by atomic mass is 32.2. The molecule has 0 bridgehead atoms. The highest BCUT2D eigenvalue weighted by Gasteiger charge is 2.25. The Morgan fingerprint density at radius 3 is 2.94 bits per heavy atom. The third-order valence-corrected chi connectivity index (χ3v) is 7.36. The fourth-order valence-corrected chi connectivity index (χ4v) is 5.60. The highest BCUT2D eigenvalue weighted by molar-refractivity contribution is 7.97. The van der Waals surface area contributed by atoms with E-state index in [1.54, 1.807) is 11.9 Å². The van der Waals surface area contributed by atoms with Gasteiger partial charge < -0.3 is 9.88 Å². The van der Waals surface area contributed by atoms with Crippen LogP contribution in [0.4, 0.5) is 0 Å². The van der Waals surface area contributed by atoms with Gasteiger partial charge in [-0.3, -0.25) is 14.2 Å². The van der Waals surface area contributed by atoms with Crippen molar-refractivity contribution in [3.63, 3.8) is 0 Å². The molecule has 9 heteroatoms. The number of para-hydroxylation sites is 1. The number of aromatic nitrogens is 5. The number of nitrogens with zero attached hydrogens (tertiary/aromatic N) is 6. The van der Waals surface area contributed by atoms with E-state index in [-0.39, 0.29) is 5.91 Å². The number of aryl methyl sites for hydroxylation is 1. The lowest BCUT2D eigenvalue weighted by atomic mass is 10.1. The average molecular weight is 450 g/mol. The van der Waals surface area contributed by atoms with Gasteiger partial charge >= 0.3 is 0 Å². The zero-order chi connectivity index (χ0) is 22.4. The Morgan fingerprint density at radius 2 is 2.09 bits per heavy atom. The van der Waals surface area contributed by atoms with Gasteiger partial charge in [-0.25, -0.2) is 4.31 Å². The minimum Gasteiger partial charge on any atom is -0.347 e. The molecule has 1 N–H and O–H groups in total. The van der Waals surface area contributed by atoms with E-state index < -0.39 is 0 Å². The van der Waals surface area contributed by atoms with Crippen LogP contribution < -0.4 is 5.32 Å². The van der Waals surface area contributed by atoms with E-state index in [9.17, 15) is 4.79 Å². The summed E-state index contributed by atoms with van der Waals surface area (Å²) in [7, 11) is 3.87. The van der Waals surface area contributed by atoms with Gasteiger partial charge in [-0.05, 0) is 43.5 Å². The van der Waals surface area contributed by atoms with Crippen LogP contribution in [0.1, 0.15) is 40.4 Å². The van der Waals surface area contributed by atoms with Gasteiger partial charge in [0.25, 0.3) is 5.91 Å². The minimum atomic E-state index is -0.0771. The van der Waals surface area contributed by atoms with Crippen molar-refractivity contribution in [2.24, 2.45) is 14.1 Å². The maximum absolute atomic E-state index is 13.0. The first kappa shape index (κ1) is 20.8. The van der Waals surface area contributed by atoms with Crippen LogP contribution >= 0.6 is 11.9 Å². The number of hydrogen-bond donors (Lipinski definition) is 1. The lowest BCUT2D eigenvalue weighted by Crippen LogP contribution is -2.32. The van der Waals surface area contributed by atoms with E-state index in [4.69, 9.17) is 0 Å². The number of amides is 1. The number of rotatable bonds is 5. The molecule has 0 spiro atoms. The van der Waals surface area contributed by atoms with Gasteiger partial charge in [0.15, 0.2) is 0 Å². The van der Waals surface area contributed by atoms with Gasteiger partial charge in [-0.1, -0.05) is 18.2 Å². The second kappa shape index (κ2) is 8.14. The lowest BCUT2D eigenvalue weighted by molar-refractivity contribution is 0.0942. The van der Waals surface area contributed by atoms with Crippen LogP contribution in [0.3, 0.4) is 0 Å². The molecule has 1 unspecified atom stereocenters. The summed E-state index contributed by atoms with van der Waals surface area (Å²) in [6.45, 7) is 6.44. The molecule has 4 heterocycles. The Hall–Kier alpha value is -3.04. The molecule has 1 atom stereocenters. The normalized spacial score (nSPS) is 16.4. The van der Waals surface area contributed by atoms with Gasteiger partial charge in [0, 0.05) is 49.4 Å². The van der Waals surface area contributed by atoms with Crippen molar-refractivity contribution in [2.45, 2.75) is 37.9 Å². The molecule has 0 saturated carbocycles. The van der Waals surface area contributed by atoms with E-state index >= 15 is 0 Å². The molecule has 1 aromatic carbocycles. The average Bonchev–Trinajstić information content (AvgIpc) is 3.47.